The topological polar surface area (TPSA) is 21.3 Å². The molecule has 2 aliphatic carbocycles. The zero-order chi connectivity index (χ0) is 13.5. The second-order valence-electron chi connectivity index (χ2n) is 5.82. The summed E-state index contributed by atoms with van der Waals surface area (Å²) in [4.78, 5) is 0. The van der Waals surface area contributed by atoms with E-state index in [4.69, 9.17) is 4.74 Å². The third-order valence-electron chi connectivity index (χ3n) is 4.42. The van der Waals surface area contributed by atoms with E-state index in [-0.39, 0.29) is 0 Å². The van der Waals surface area contributed by atoms with Gasteiger partial charge >= 0.3 is 0 Å². The molecule has 4 heteroatoms. The molecule has 0 unspecified atom stereocenters. The maximum absolute atomic E-state index is 5.48. The Labute approximate surface area is 131 Å². The third kappa shape index (κ3) is 3.01. The Morgan fingerprint density at radius 3 is 2.63 bits per heavy atom. The molecule has 0 atom stereocenters. The van der Waals surface area contributed by atoms with Crippen LogP contribution in [0.25, 0.3) is 0 Å². The van der Waals surface area contributed by atoms with Gasteiger partial charge in [0.25, 0.3) is 0 Å². The molecule has 1 aromatic rings. The summed E-state index contributed by atoms with van der Waals surface area (Å²) in [7, 11) is 1.73. The first-order valence-electron chi connectivity index (χ1n) is 6.87. The standard InChI is InChI=1S/C15H19Br2NO/c1-19-14-10(6-12(16)7-13(14)17)8-18-9-15(4-5-15)11-2-3-11/h6-7,11,18H,2-5,8-9H2,1H3. The monoisotopic (exact) mass is 387 g/mol. The highest BCUT2D eigenvalue weighted by Gasteiger charge is 2.53. The van der Waals surface area contributed by atoms with Crippen LogP contribution in [0.4, 0.5) is 0 Å². The van der Waals surface area contributed by atoms with Crippen molar-refractivity contribution in [1.29, 1.82) is 0 Å². The molecule has 2 fully saturated rings. The van der Waals surface area contributed by atoms with Gasteiger partial charge in [0.1, 0.15) is 5.75 Å². The smallest absolute Gasteiger partial charge is 0.137 e. The number of ether oxygens (including phenoxy) is 1. The van der Waals surface area contributed by atoms with E-state index in [9.17, 15) is 0 Å². The van der Waals surface area contributed by atoms with E-state index >= 15 is 0 Å². The first kappa shape index (κ1) is 13.9. The van der Waals surface area contributed by atoms with E-state index in [1.807, 2.05) is 6.07 Å². The molecule has 0 spiro atoms. The van der Waals surface area contributed by atoms with Crippen LogP contribution in [0.3, 0.4) is 0 Å². The van der Waals surface area contributed by atoms with Crippen molar-refractivity contribution in [1.82, 2.24) is 5.32 Å². The Kier molecular flexibility index (Phi) is 3.93. The molecule has 2 aliphatic rings. The fourth-order valence-electron chi connectivity index (χ4n) is 3.01. The highest BCUT2D eigenvalue weighted by Crippen LogP contribution is 2.60. The number of benzene rings is 1. The second-order valence-corrected chi connectivity index (χ2v) is 7.59. The molecule has 0 radical (unpaired) electrons. The Morgan fingerprint density at radius 1 is 1.32 bits per heavy atom. The van der Waals surface area contributed by atoms with Gasteiger partial charge in [0, 0.05) is 23.1 Å². The molecule has 0 bridgehead atoms. The summed E-state index contributed by atoms with van der Waals surface area (Å²) in [6.07, 6.45) is 5.74. The molecular weight excluding hydrogens is 370 g/mol. The summed E-state index contributed by atoms with van der Waals surface area (Å²) in [5.41, 5.74) is 1.85. The lowest BCUT2D eigenvalue weighted by Gasteiger charge is -2.17. The van der Waals surface area contributed by atoms with Crippen molar-refractivity contribution in [2.45, 2.75) is 32.2 Å². The van der Waals surface area contributed by atoms with Crippen LogP contribution in [-0.2, 0) is 6.54 Å². The van der Waals surface area contributed by atoms with Crippen LogP contribution >= 0.6 is 31.9 Å². The molecule has 2 nitrogen and oxygen atoms in total. The van der Waals surface area contributed by atoms with Gasteiger partial charge in [0.2, 0.25) is 0 Å². The number of rotatable bonds is 6. The molecular formula is C15H19Br2NO. The highest BCUT2D eigenvalue weighted by molar-refractivity contribution is 9.11. The predicted molar refractivity (Wildman–Crippen MR) is 84.5 cm³/mol. The molecule has 3 rings (SSSR count). The maximum atomic E-state index is 5.48. The van der Waals surface area contributed by atoms with E-state index in [0.717, 1.165) is 33.7 Å². The van der Waals surface area contributed by atoms with E-state index in [1.165, 1.54) is 31.2 Å². The minimum absolute atomic E-state index is 0.649. The van der Waals surface area contributed by atoms with Crippen LogP contribution in [0.5, 0.6) is 5.75 Å². The van der Waals surface area contributed by atoms with Crippen molar-refractivity contribution in [3.63, 3.8) is 0 Å². The normalized spacial score (nSPS) is 20.4. The molecule has 1 N–H and O–H groups in total. The molecule has 19 heavy (non-hydrogen) atoms. The van der Waals surface area contributed by atoms with Crippen molar-refractivity contribution in [2.75, 3.05) is 13.7 Å². The zero-order valence-electron chi connectivity index (χ0n) is 11.1. The van der Waals surface area contributed by atoms with Crippen LogP contribution < -0.4 is 10.1 Å². The fourth-order valence-corrected chi connectivity index (χ4v) is 4.48. The SMILES string of the molecule is COc1c(Br)cc(Br)cc1CNCC1(C2CC2)CC1. The largest absolute Gasteiger partial charge is 0.495 e. The average molecular weight is 389 g/mol. The second kappa shape index (κ2) is 5.38. The van der Waals surface area contributed by atoms with Crippen LogP contribution in [-0.4, -0.2) is 13.7 Å². The van der Waals surface area contributed by atoms with Crippen molar-refractivity contribution in [2.24, 2.45) is 11.3 Å². The number of hydrogen-bond donors (Lipinski definition) is 1. The van der Waals surface area contributed by atoms with Crippen LogP contribution in [0.15, 0.2) is 21.1 Å². The molecule has 0 saturated heterocycles. The van der Waals surface area contributed by atoms with Gasteiger partial charge in [0.05, 0.1) is 11.6 Å². The highest BCUT2D eigenvalue weighted by atomic mass is 79.9. The van der Waals surface area contributed by atoms with Crippen molar-refractivity contribution >= 4 is 31.9 Å². The Hall–Kier alpha value is -0.0600. The summed E-state index contributed by atoms with van der Waals surface area (Å²) in [6, 6.07) is 4.15. The van der Waals surface area contributed by atoms with Gasteiger partial charge in [-0.05, 0) is 65.1 Å². The first-order chi connectivity index (χ1) is 9.14. The van der Waals surface area contributed by atoms with Gasteiger partial charge in [-0.3, -0.25) is 0 Å². The van der Waals surface area contributed by atoms with Crippen molar-refractivity contribution in [3.8, 4) is 5.75 Å². The number of halogens is 2. The van der Waals surface area contributed by atoms with Gasteiger partial charge in [-0.25, -0.2) is 0 Å². The Balaban J connectivity index is 1.63. The van der Waals surface area contributed by atoms with E-state index < -0.39 is 0 Å². The molecule has 0 heterocycles. The van der Waals surface area contributed by atoms with E-state index in [0.29, 0.717) is 5.41 Å². The summed E-state index contributed by atoms with van der Waals surface area (Å²) in [6.45, 7) is 2.03. The minimum atomic E-state index is 0.649. The molecule has 0 aliphatic heterocycles. The quantitative estimate of drug-likeness (QED) is 0.774. The summed E-state index contributed by atoms with van der Waals surface area (Å²) in [5.74, 6) is 1.95. The van der Waals surface area contributed by atoms with E-state index in [1.54, 1.807) is 7.11 Å². The van der Waals surface area contributed by atoms with Gasteiger partial charge in [-0.2, -0.15) is 0 Å². The summed E-state index contributed by atoms with van der Waals surface area (Å²) < 4.78 is 7.57. The molecule has 0 amide bonds. The fraction of sp³-hybridized carbons (Fsp3) is 0.600. The lowest BCUT2D eigenvalue weighted by molar-refractivity contribution is 0.389. The summed E-state index contributed by atoms with van der Waals surface area (Å²) in [5, 5.41) is 3.63. The number of methoxy groups -OCH3 is 1. The van der Waals surface area contributed by atoms with Crippen LogP contribution in [0, 0.1) is 11.3 Å². The first-order valence-corrected chi connectivity index (χ1v) is 8.46. The molecule has 1 aromatic carbocycles. The Bertz CT molecular complexity index is 481. The Morgan fingerprint density at radius 2 is 2.05 bits per heavy atom. The molecule has 0 aromatic heterocycles. The van der Waals surface area contributed by atoms with Crippen LogP contribution in [0.1, 0.15) is 31.2 Å². The van der Waals surface area contributed by atoms with Gasteiger partial charge < -0.3 is 10.1 Å². The van der Waals surface area contributed by atoms with E-state index in [2.05, 4.69) is 43.2 Å². The van der Waals surface area contributed by atoms with Gasteiger partial charge in [-0.1, -0.05) is 15.9 Å². The van der Waals surface area contributed by atoms with Crippen molar-refractivity contribution in [3.05, 3.63) is 26.6 Å². The molecule has 104 valence electrons. The van der Waals surface area contributed by atoms with Crippen molar-refractivity contribution < 1.29 is 4.74 Å². The van der Waals surface area contributed by atoms with Gasteiger partial charge in [-0.15, -0.1) is 0 Å². The zero-order valence-corrected chi connectivity index (χ0v) is 14.3. The lowest BCUT2D eigenvalue weighted by atomic mass is 10.0. The third-order valence-corrected chi connectivity index (χ3v) is 5.46. The van der Waals surface area contributed by atoms with Crippen LogP contribution in [0.2, 0.25) is 0 Å². The lowest BCUT2D eigenvalue weighted by Crippen LogP contribution is -2.25. The minimum Gasteiger partial charge on any atom is -0.495 e. The van der Waals surface area contributed by atoms with Gasteiger partial charge in [0.15, 0.2) is 0 Å². The average Bonchev–Trinajstić information content (AvgIpc) is 3.23. The molecule has 2 saturated carbocycles. The number of nitrogens with one attached hydrogen (secondary N) is 1. The number of hydrogen-bond acceptors (Lipinski definition) is 2. The predicted octanol–water partition coefficient (Wildman–Crippen LogP) is 4.50. The maximum Gasteiger partial charge on any atom is 0.137 e. The summed E-state index contributed by atoms with van der Waals surface area (Å²) >= 11 is 7.09.